The van der Waals surface area contributed by atoms with Crippen molar-refractivity contribution < 1.29 is 19.1 Å². The third-order valence-electron chi connectivity index (χ3n) is 3.54. The molecule has 1 aromatic carbocycles. The van der Waals surface area contributed by atoms with Crippen LogP contribution in [0.5, 0.6) is 5.75 Å². The van der Waals surface area contributed by atoms with Gasteiger partial charge < -0.3 is 14.4 Å². The standard InChI is InChI=1S/C18H27NO4/c1-4-6-12-19(13-11-18(21)23-5-2)17(20)14-15-7-9-16(22-3)10-8-15/h7-10H,4-6,11-14H2,1-3H3. The SMILES string of the molecule is CCCCN(CCC(=O)OCC)C(=O)Cc1ccc(OC)cc1. The molecule has 0 saturated heterocycles. The lowest BCUT2D eigenvalue weighted by molar-refractivity contribution is -0.144. The second-order valence-electron chi connectivity index (χ2n) is 5.31. The van der Waals surface area contributed by atoms with Crippen LogP contribution in [0.1, 0.15) is 38.7 Å². The first-order valence-electron chi connectivity index (χ1n) is 8.17. The first kappa shape index (κ1) is 19.0. The number of amides is 1. The van der Waals surface area contributed by atoms with Gasteiger partial charge in [0.1, 0.15) is 5.75 Å². The summed E-state index contributed by atoms with van der Waals surface area (Å²) in [5.41, 5.74) is 0.938. The van der Waals surface area contributed by atoms with E-state index in [1.807, 2.05) is 24.3 Å². The average Bonchev–Trinajstić information content (AvgIpc) is 2.55. The molecule has 128 valence electrons. The molecule has 0 aromatic heterocycles. The van der Waals surface area contributed by atoms with Gasteiger partial charge in [-0.3, -0.25) is 9.59 Å². The number of ether oxygens (including phenoxy) is 2. The zero-order valence-electron chi connectivity index (χ0n) is 14.3. The van der Waals surface area contributed by atoms with E-state index in [0.717, 1.165) is 24.2 Å². The van der Waals surface area contributed by atoms with Crippen LogP contribution >= 0.6 is 0 Å². The minimum absolute atomic E-state index is 0.0351. The van der Waals surface area contributed by atoms with E-state index >= 15 is 0 Å². The van der Waals surface area contributed by atoms with E-state index in [0.29, 0.717) is 26.1 Å². The molecule has 5 nitrogen and oxygen atoms in total. The van der Waals surface area contributed by atoms with Crippen LogP contribution in [0.3, 0.4) is 0 Å². The minimum Gasteiger partial charge on any atom is -0.497 e. The van der Waals surface area contributed by atoms with Crippen molar-refractivity contribution in [1.82, 2.24) is 4.90 Å². The summed E-state index contributed by atoms with van der Waals surface area (Å²) >= 11 is 0. The molecule has 0 aliphatic rings. The van der Waals surface area contributed by atoms with Gasteiger partial charge in [-0.05, 0) is 31.0 Å². The van der Waals surface area contributed by atoms with Crippen LogP contribution in [0.2, 0.25) is 0 Å². The van der Waals surface area contributed by atoms with Gasteiger partial charge in [-0.15, -0.1) is 0 Å². The smallest absolute Gasteiger partial charge is 0.307 e. The Morgan fingerprint density at radius 1 is 1.09 bits per heavy atom. The normalized spacial score (nSPS) is 10.2. The number of nitrogens with zero attached hydrogens (tertiary/aromatic N) is 1. The van der Waals surface area contributed by atoms with Crippen LogP contribution in [0.15, 0.2) is 24.3 Å². The molecule has 1 amide bonds. The summed E-state index contributed by atoms with van der Waals surface area (Å²) in [4.78, 5) is 25.7. The lowest BCUT2D eigenvalue weighted by Crippen LogP contribution is -2.35. The maximum absolute atomic E-state index is 12.5. The Balaban J connectivity index is 2.60. The van der Waals surface area contributed by atoms with Crippen molar-refractivity contribution in [3.8, 4) is 5.75 Å². The number of esters is 1. The topological polar surface area (TPSA) is 55.8 Å². The summed E-state index contributed by atoms with van der Waals surface area (Å²) in [7, 11) is 1.61. The summed E-state index contributed by atoms with van der Waals surface area (Å²) in [6.07, 6.45) is 2.51. The van der Waals surface area contributed by atoms with Gasteiger partial charge >= 0.3 is 5.97 Å². The molecule has 0 aliphatic heterocycles. The average molecular weight is 321 g/mol. The van der Waals surface area contributed by atoms with Crippen LogP contribution in [0.4, 0.5) is 0 Å². The van der Waals surface area contributed by atoms with Crippen molar-refractivity contribution in [1.29, 1.82) is 0 Å². The van der Waals surface area contributed by atoms with Gasteiger partial charge in [-0.25, -0.2) is 0 Å². The zero-order chi connectivity index (χ0) is 17.1. The van der Waals surface area contributed by atoms with Crippen molar-refractivity contribution in [2.75, 3.05) is 26.8 Å². The maximum Gasteiger partial charge on any atom is 0.307 e. The monoisotopic (exact) mass is 321 g/mol. The van der Waals surface area contributed by atoms with Gasteiger partial charge in [0.15, 0.2) is 0 Å². The van der Waals surface area contributed by atoms with E-state index in [1.54, 1.807) is 18.9 Å². The second kappa shape index (κ2) is 10.6. The Labute approximate surface area is 138 Å². The van der Waals surface area contributed by atoms with E-state index in [9.17, 15) is 9.59 Å². The fourth-order valence-electron chi connectivity index (χ4n) is 2.20. The third kappa shape index (κ3) is 7.17. The summed E-state index contributed by atoms with van der Waals surface area (Å²) in [6.45, 7) is 5.31. The number of hydrogen-bond acceptors (Lipinski definition) is 4. The first-order valence-corrected chi connectivity index (χ1v) is 8.17. The summed E-state index contributed by atoms with van der Waals surface area (Å²) in [5, 5.41) is 0. The molecule has 1 rings (SSSR count). The highest BCUT2D eigenvalue weighted by atomic mass is 16.5. The predicted molar refractivity (Wildman–Crippen MR) is 89.4 cm³/mol. The fourth-order valence-corrected chi connectivity index (χ4v) is 2.20. The highest BCUT2D eigenvalue weighted by Crippen LogP contribution is 2.13. The lowest BCUT2D eigenvalue weighted by atomic mass is 10.1. The van der Waals surface area contributed by atoms with Crippen LogP contribution < -0.4 is 4.74 Å². The van der Waals surface area contributed by atoms with Crippen molar-refractivity contribution in [3.05, 3.63) is 29.8 Å². The van der Waals surface area contributed by atoms with E-state index < -0.39 is 0 Å². The largest absolute Gasteiger partial charge is 0.497 e. The Hall–Kier alpha value is -2.04. The van der Waals surface area contributed by atoms with Crippen molar-refractivity contribution in [2.24, 2.45) is 0 Å². The summed E-state index contributed by atoms with van der Waals surface area (Å²) in [6, 6.07) is 7.47. The Kier molecular flexibility index (Phi) is 8.80. The number of carbonyl (C=O) groups excluding carboxylic acids is 2. The van der Waals surface area contributed by atoms with Crippen LogP contribution in [0.25, 0.3) is 0 Å². The molecule has 0 unspecified atom stereocenters. The minimum atomic E-state index is -0.258. The number of rotatable bonds is 10. The Bertz CT molecular complexity index is 484. The van der Waals surface area contributed by atoms with Crippen molar-refractivity contribution in [3.63, 3.8) is 0 Å². The first-order chi connectivity index (χ1) is 11.1. The lowest BCUT2D eigenvalue weighted by Gasteiger charge is -2.22. The van der Waals surface area contributed by atoms with Crippen molar-refractivity contribution in [2.45, 2.75) is 39.5 Å². The molecule has 0 aliphatic carbocycles. The molecule has 23 heavy (non-hydrogen) atoms. The van der Waals surface area contributed by atoms with Crippen LogP contribution in [-0.2, 0) is 20.7 Å². The van der Waals surface area contributed by atoms with E-state index in [4.69, 9.17) is 9.47 Å². The van der Waals surface area contributed by atoms with Crippen molar-refractivity contribution >= 4 is 11.9 Å². The summed E-state index contributed by atoms with van der Waals surface area (Å²) < 4.78 is 10.0. The molecule has 0 saturated carbocycles. The van der Waals surface area contributed by atoms with Gasteiger partial charge in [-0.2, -0.15) is 0 Å². The van der Waals surface area contributed by atoms with Gasteiger partial charge in [-0.1, -0.05) is 25.5 Å². The molecule has 0 atom stereocenters. The molecular weight excluding hydrogens is 294 g/mol. The highest BCUT2D eigenvalue weighted by Gasteiger charge is 2.15. The third-order valence-corrected chi connectivity index (χ3v) is 3.54. The number of unbranched alkanes of at least 4 members (excludes halogenated alkanes) is 1. The van der Waals surface area contributed by atoms with Gasteiger partial charge in [0.05, 0.1) is 26.6 Å². The number of methoxy groups -OCH3 is 1. The van der Waals surface area contributed by atoms with E-state index in [1.165, 1.54) is 0 Å². The van der Waals surface area contributed by atoms with E-state index in [2.05, 4.69) is 6.92 Å². The van der Waals surface area contributed by atoms with Crippen LogP contribution in [-0.4, -0.2) is 43.6 Å². The Morgan fingerprint density at radius 2 is 1.78 bits per heavy atom. The molecule has 0 N–H and O–H groups in total. The van der Waals surface area contributed by atoms with Gasteiger partial charge in [0, 0.05) is 13.1 Å². The quantitative estimate of drug-likeness (QED) is 0.622. The molecule has 0 heterocycles. The highest BCUT2D eigenvalue weighted by molar-refractivity contribution is 5.79. The fraction of sp³-hybridized carbons (Fsp3) is 0.556. The molecule has 0 bridgehead atoms. The predicted octanol–water partition coefficient (Wildman–Crippen LogP) is 2.82. The Morgan fingerprint density at radius 3 is 2.35 bits per heavy atom. The molecule has 0 radical (unpaired) electrons. The van der Waals surface area contributed by atoms with E-state index in [-0.39, 0.29) is 18.3 Å². The number of hydrogen-bond donors (Lipinski definition) is 0. The van der Waals surface area contributed by atoms with Crippen LogP contribution in [0, 0.1) is 0 Å². The molecule has 5 heteroatoms. The van der Waals surface area contributed by atoms with Gasteiger partial charge in [0.25, 0.3) is 0 Å². The number of benzene rings is 1. The zero-order valence-corrected chi connectivity index (χ0v) is 14.3. The second-order valence-corrected chi connectivity index (χ2v) is 5.31. The molecule has 0 spiro atoms. The molecule has 1 aromatic rings. The van der Waals surface area contributed by atoms with Gasteiger partial charge in [0.2, 0.25) is 5.91 Å². The molecular formula is C18H27NO4. The molecule has 0 fully saturated rings. The number of carbonyl (C=O) groups is 2. The summed E-state index contributed by atoms with van der Waals surface area (Å²) in [5.74, 6) is 0.547. The maximum atomic E-state index is 12.5.